The molecule has 45 heavy (non-hydrogen) atoms. The molecule has 0 fully saturated rings. The third-order valence-electron chi connectivity index (χ3n) is 8.49. The van der Waals surface area contributed by atoms with E-state index in [-0.39, 0.29) is 12.1 Å². The predicted molar refractivity (Wildman–Crippen MR) is 201 cm³/mol. The summed E-state index contributed by atoms with van der Waals surface area (Å²) in [5.41, 5.74) is 0. The van der Waals surface area contributed by atoms with E-state index in [0.717, 1.165) is 45.2 Å². The summed E-state index contributed by atoms with van der Waals surface area (Å²) in [5, 5.41) is 3.30. The van der Waals surface area contributed by atoms with Crippen molar-refractivity contribution < 1.29 is 9.53 Å². The maximum absolute atomic E-state index is 12.5. The largest absolute Gasteiger partial charge is 0.462 e. The number of carbonyl (C=O) groups is 1. The molecule has 0 spiro atoms. The summed E-state index contributed by atoms with van der Waals surface area (Å²) < 4.78 is 5.98. The molecule has 0 rings (SSSR count). The number of carbonyl (C=O) groups excluding carboxylic acids is 1. The number of ether oxygens (including phenoxy) is 1. The van der Waals surface area contributed by atoms with Crippen LogP contribution >= 0.6 is 0 Å². The second kappa shape index (κ2) is 38.6. The lowest BCUT2D eigenvalue weighted by molar-refractivity contribution is -0.150. The van der Waals surface area contributed by atoms with E-state index in [2.05, 4.69) is 74.7 Å². The van der Waals surface area contributed by atoms with Crippen LogP contribution in [-0.2, 0) is 9.53 Å². The quantitative estimate of drug-likeness (QED) is 0.0431. The molecule has 0 amide bonds. The molecule has 3 nitrogen and oxygen atoms in total. The minimum Gasteiger partial charge on any atom is -0.462 e. The van der Waals surface area contributed by atoms with Gasteiger partial charge in [-0.25, -0.2) is 0 Å². The average molecular weight is 628 g/mol. The molecule has 262 valence electrons. The van der Waals surface area contributed by atoms with Crippen molar-refractivity contribution >= 4 is 5.97 Å². The van der Waals surface area contributed by atoms with Crippen molar-refractivity contribution in [3.63, 3.8) is 0 Å². The lowest BCUT2D eigenvalue weighted by Gasteiger charge is -2.18. The molecular weight excluding hydrogens is 550 g/mol. The lowest BCUT2D eigenvalue weighted by atomic mass is 10.0. The van der Waals surface area contributed by atoms with E-state index in [4.69, 9.17) is 4.74 Å². The summed E-state index contributed by atoms with van der Waals surface area (Å²) in [6.07, 6.45) is 51.3. The topological polar surface area (TPSA) is 38.3 Å². The Bertz CT molecular complexity index is 707. The lowest BCUT2D eigenvalue weighted by Crippen LogP contribution is -2.20. The van der Waals surface area contributed by atoms with E-state index in [1.54, 1.807) is 0 Å². The fourth-order valence-electron chi connectivity index (χ4n) is 5.59. The van der Waals surface area contributed by atoms with Gasteiger partial charge in [0.05, 0.1) is 0 Å². The number of hydrogen-bond donors (Lipinski definition) is 1. The first-order valence-electron chi connectivity index (χ1n) is 19.7. The highest BCUT2D eigenvalue weighted by Crippen LogP contribution is 2.18. The van der Waals surface area contributed by atoms with Crippen LogP contribution in [0.2, 0.25) is 0 Å². The highest BCUT2D eigenvalue weighted by Gasteiger charge is 2.14. The van der Waals surface area contributed by atoms with Gasteiger partial charge in [0.25, 0.3) is 0 Å². The van der Waals surface area contributed by atoms with Crippen LogP contribution in [-0.4, -0.2) is 25.2 Å². The predicted octanol–water partition coefficient (Wildman–Crippen LogP) is 13.3. The first-order chi connectivity index (χ1) is 22.2. The van der Waals surface area contributed by atoms with Crippen LogP contribution < -0.4 is 5.32 Å². The Morgan fingerprint density at radius 3 is 1.33 bits per heavy atom. The van der Waals surface area contributed by atoms with Gasteiger partial charge in [-0.1, -0.05) is 140 Å². The van der Waals surface area contributed by atoms with E-state index >= 15 is 0 Å². The van der Waals surface area contributed by atoms with Gasteiger partial charge in [-0.15, -0.1) is 0 Å². The second-order valence-corrected chi connectivity index (χ2v) is 13.0. The molecule has 0 aromatic heterocycles. The Hall–Kier alpha value is -1.61. The monoisotopic (exact) mass is 628 g/mol. The second-order valence-electron chi connectivity index (χ2n) is 13.0. The molecule has 0 saturated heterocycles. The van der Waals surface area contributed by atoms with Crippen molar-refractivity contribution in [1.29, 1.82) is 0 Å². The van der Waals surface area contributed by atoms with E-state index in [0.29, 0.717) is 6.42 Å². The molecule has 0 saturated carbocycles. The molecule has 0 bridgehead atoms. The number of allylic oxidation sites excluding steroid dienone is 8. The Balaban J connectivity index is 4.02. The summed E-state index contributed by atoms with van der Waals surface area (Å²) in [4.78, 5) is 12.5. The summed E-state index contributed by atoms with van der Waals surface area (Å²) in [6.45, 7) is 8.48. The summed E-state index contributed by atoms with van der Waals surface area (Å²) in [6, 6.07) is 0. The average Bonchev–Trinajstić information content (AvgIpc) is 3.04. The third kappa shape index (κ3) is 36.7. The minimum atomic E-state index is 0.000493. The smallest absolute Gasteiger partial charge is 0.306 e. The van der Waals surface area contributed by atoms with Crippen molar-refractivity contribution in [2.24, 2.45) is 0 Å². The van der Waals surface area contributed by atoms with Crippen molar-refractivity contribution in [3.05, 3.63) is 48.6 Å². The van der Waals surface area contributed by atoms with Crippen LogP contribution in [0.5, 0.6) is 0 Å². The highest BCUT2D eigenvalue weighted by atomic mass is 16.5. The van der Waals surface area contributed by atoms with Crippen molar-refractivity contribution in [2.45, 2.75) is 200 Å². The molecular formula is C42H77NO2. The van der Waals surface area contributed by atoms with Crippen LogP contribution in [0.4, 0.5) is 0 Å². The number of esters is 1. The summed E-state index contributed by atoms with van der Waals surface area (Å²) >= 11 is 0. The fraction of sp³-hybridized carbons (Fsp3) is 0.786. The molecule has 3 heteroatoms. The Kier molecular flexibility index (Phi) is 37.2. The Morgan fingerprint density at radius 1 is 0.511 bits per heavy atom. The molecule has 0 aliphatic heterocycles. The molecule has 1 N–H and O–H groups in total. The third-order valence-corrected chi connectivity index (χ3v) is 8.49. The minimum absolute atomic E-state index is 0.000493. The molecule has 0 heterocycles. The van der Waals surface area contributed by atoms with Crippen LogP contribution in [0, 0.1) is 0 Å². The molecule has 1 unspecified atom stereocenters. The van der Waals surface area contributed by atoms with Gasteiger partial charge in [-0.3, -0.25) is 4.79 Å². The van der Waals surface area contributed by atoms with E-state index < -0.39 is 0 Å². The van der Waals surface area contributed by atoms with Gasteiger partial charge >= 0.3 is 5.97 Å². The van der Waals surface area contributed by atoms with Gasteiger partial charge in [0.1, 0.15) is 6.10 Å². The van der Waals surface area contributed by atoms with Crippen molar-refractivity contribution in [1.82, 2.24) is 5.32 Å². The van der Waals surface area contributed by atoms with Crippen LogP contribution in [0.25, 0.3) is 0 Å². The van der Waals surface area contributed by atoms with Gasteiger partial charge in [-0.05, 0) is 109 Å². The number of hydrogen-bond acceptors (Lipinski definition) is 3. The number of nitrogens with one attached hydrogen (secondary N) is 1. The number of unbranched alkanes of at least 4 members (excludes halogenated alkanes) is 17. The van der Waals surface area contributed by atoms with Gasteiger partial charge in [0.2, 0.25) is 0 Å². The zero-order chi connectivity index (χ0) is 32.7. The molecule has 0 aliphatic rings. The fourth-order valence-corrected chi connectivity index (χ4v) is 5.59. The molecule has 0 aromatic carbocycles. The van der Waals surface area contributed by atoms with Gasteiger partial charge < -0.3 is 10.1 Å². The molecule has 0 aromatic rings. The molecule has 0 aliphatic carbocycles. The maximum atomic E-state index is 12.5. The zero-order valence-electron chi connectivity index (χ0n) is 30.5. The summed E-state index contributed by atoms with van der Waals surface area (Å²) in [5.74, 6) is 0.000493. The van der Waals surface area contributed by atoms with Gasteiger partial charge in [0.15, 0.2) is 0 Å². The number of rotatable bonds is 35. The highest BCUT2D eigenvalue weighted by molar-refractivity contribution is 5.69. The van der Waals surface area contributed by atoms with Gasteiger partial charge in [-0.2, -0.15) is 0 Å². The Morgan fingerprint density at radius 2 is 0.911 bits per heavy atom. The van der Waals surface area contributed by atoms with E-state index in [9.17, 15) is 4.79 Å². The summed E-state index contributed by atoms with van der Waals surface area (Å²) in [7, 11) is 0. The zero-order valence-corrected chi connectivity index (χ0v) is 30.5. The standard InChI is InChI=1S/C42H77NO2/c1-4-7-9-11-13-15-17-19-21-23-25-27-29-31-33-35-38-41(45-42(44)39-36-40-43-6-3)37-34-32-30-28-26-24-22-20-18-16-14-12-10-8-5-2/h13-16,19-22,41,43H,4-12,17-18,23-40H2,1-3H3/b15-13-,16-14-,21-19-,22-20-. The van der Waals surface area contributed by atoms with Crippen LogP contribution in [0.1, 0.15) is 194 Å². The van der Waals surface area contributed by atoms with Crippen LogP contribution in [0.3, 0.4) is 0 Å². The first kappa shape index (κ1) is 43.4. The van der Waals surface area contributed by atoms with E-state index in [1.165, 1.54) is 135 Å². The van der Waals surface area contributed by atoms with Crippen molar-refractivity contribution in [2.75, 3.05) is 13.1 Å². The Labute approximate surface area is 282 Å². The van der Waals surface area contributed by atoms with Gasteiger partial charge in [0, 0.05) is 6.42 Å². The van der Waals surface area contributed by atoms with E-state index in [1.807, 2.05) is 0 Å². The molecule has 1 atom stereocenters. The maximum Gasteiger partial charge on any atom is 0.306 e. The SMILES string of the molecule is CCCCC/C=C\C/C=C\CCCCCCCCC(CCCCCCC/C=C\C/C=C\CCCCC)OC(=O)CCCNCC. The van der Waals surface area contributed by atoms with Crippen molar-refractivity contribution in [3.8, 4) is 0 Å². The normalized spacial score (nSPS) is 12.9. The first-order valence-corrected chi connectivity index (χ1v) is 19.7. The van der Waals surface area contributed by atoms with Crippen LogP contribution in [0.15, 0.2) is 48.6 Å². The molecule has 0 radical (unpaired) electrons.